The molecule has 5 aromatic rings. The topological polar surface area (TPSA) is 184 Å². The van der Waals surface area contributed by atoms with Gasteiger partial charge in [0.05, 0.1) is 49.2 Å². The number of amides is 4. The standard InChI is InChI=1S/C46H56N8O7/c1-9-25(5)39(52-46(58)60-8)43(55)53-21-24(4)16-36(53)42-48-33-14-12-27-18-32-30-13-11-28(17-29(30)22-61-37(32)19-31(27)40(33)50-42)34-20-47-41(49-34)35-15-10-26(6)54(35)44(56)38(23(2)3)51-45(57)59-7/h11-14,17-20,23-26,35-36,38-39H,9-10,15-16,21-22H2,1-8H3,(H,47,49)(H,48,50)(H,51,57)(H,52,58)/t24-,25-,26-,35-,36-,38-,39?/m0/s1. The van der Waals surface area contributed by atoms with E-state index in [4.69, 9.17) is 24.2 Å². The molecule has 2 fully saturated rings. The molecule has 8 rings (SSSR count). The number of benzene rings is 3. The maximum absolute atomic E-state index is 14.1. The molecule has 15 heteroatoms. The van der Waals surface area contributed by atoms with E-state index in [1.54, 1.807) is 0 Å². The highest BCUT2D eigenvalue weighted by Crippen LogP contribution is 2.44. The Morgan fingerprint density at radius 1 is 0.885 bits per heavy atom. The molecule has 7 atom stereocenters. The van der Waals surface area contributed by atoms with E-state index < -0.39 is 24.3 Å². The van der Waals surface area contributed by atoms with Crippen LogP contribution < -0.4 is 15.4 Å². The van der Waals surface area contributed by atoms with Crippen LogP contribution in [0.1, 0.15) is 96.5 Å². The molecule has 0 saturated carbocycles. The Morgan fingerprint density at radius 2 is 1.64 bits per heavy atom. The lowest BCUT2D eigenvalue weighted by molar-refractivity contribution is -0.137. The highest BCUT2D eigenvalue weighted by Gasteiger charge is 2.42. The van der Waals surface area contributed by atoms with Crippen LogP contribution in [0.3, 0.4) is 0 Å². The monoisotopic (exact) mass is 832 g/mol. The summed E-state index contributed by atoms with van der Waals surface area (Å²) in [4.78, 5) is 72.9. The molecule has 4 N–H and O–H groups in total. The average molecular weight is 833 g/mol. The van der Waals surface area contributed by atoms with Crippen LogP contribution in [0.4, 0.5) is 9.59 Å². The van der Waals surface area contributed by atoms with Gasteiger partial charge in [-0.05, 0) is 90.3 Å². The van der Waals surface area contributed by atoms with Crippen LogP contribution in [-0.4, -0.2) is 92.6 Å². The lowest BCUT2D eigenvalue weighted by Gasteiger charge is -2.32. The van der Waals surface area contributed by atoms with Crippen molar-refractivity contribution in [1.29, 1.82) is 0 Å². The molecule has 322 valence electrons. The summed E-state index contributed by atoms with van der Waals surface area (Å²) < 4.78 is 16.1. The second-order valence-electron chi connectivity index (χ2n) is 17.4. The van der Waals surface area contributed by atoms with Gasteiger partial charge in [0, 0.05) is 23.5 Å². The molecule has 5 heterocycles. The van der Waals surface area contributed by atoms with Crippen molar-refractivity contribution >= 4 is 45.8 Å². The number of hydrogen-bond donors (Lipinski definition) is 4. The highest BCUT2D eigenvalue weighted by molar-refractivity contribution is 6.07. The summed E-state index contributed by atoms with van der Waals surface area (Å²) in [5.74, 6) is 1.96. The summed E-state index contributed by atoms with van der Waals surface area (Å²) in [5.41, 5.74) is 6.59. The number of methoxy groups -OCH3 is 2. The number of aromatic amines is 2. The molecule has 3 aliphatic rings. The smallest absolute Gasteiger partial charge is 0.407 e. The first-order valence-electron chi connectivity index (χ1n) is 21.4. The Balaban J connectivity index is 1.05. The van der Waals surface area contributed by atoms with Gasteiger partial charge in [0.25, 0.3) is 0 Å². The molecule has 15 nitrogen and oxygen atoms in total. The second-order valence-corrected chi connectivity index (χ2v) is 17.4. The van der Waals surface area contributed by atoms with Gasteiger partial charge >= 0.3 is 12.2 Å². The van der Waals surface area contributed by atoms with Crippen LogP contribution >= 0.6 is 0 Å². The average Bonchev–Trinajstić information content (AvgIpc) is 4.08. The number of rotatable bonds is 10. The van der Waals surface area contributed by atoms with E-state index in [0.29, 0.717) is 19.0 Å². The van der Waals surface area contributed by atoms with Gasteiger partial charge in [0.2, 0.25) is 11.8 Å². The van der Waals surface area contributed by atoms with Gasteiger partial charge in [-0.3, -0.25) is 9.59 Å². The van der Waals surface area contributed by atoms with E-state index in [0.717, 1.165) is 87.0 Å². The van der Waals surface area contributed by atoms with Gasteiger partial charge in [0.15, 0.2) is 0 Å². The first-order chi connectivity index (χ1) is 29.3. The molecule has 0 spiro atoms. The Hall–Kier alpha value is -6.12. The fourth-order valence-electron chi connectivity index (χ4n) is 9.36. The lowest BCUT2D eigenvalue weighted by atomic mass is 9.92. The van der Waals surface area contributed by atoms with Crippen LogP contribution in [-0.2, 0) is 25.7 Å². The van der Waals surface area contributed by atoms with Gasteiger partial charge in [0.1, 0.15) is 36.1 Å². The highest BCUT2D eigenvalue weighted by atomic mass is 16.5. The van der Waals surface area contributed by atoms with Crippen LogP contribution in [0.25, 0.3) is 44.2 Å². The maximum atomic E-state index is 14.1. The van der Waals surface area contributed by atoms with Gasteiger partial charge in [-0.25, -0.2) is 19.6 Å². The SMILES string of the molecule is CC[C@H](C)C(NC(=O)OC)C(=O)N1C[C@@H](C)C[C@H]1c1nc2c(ccc3cc4c(cc32)OCc2cc(-c3cnc([C@@H]5CC[C@H](C)N5C(=O)[C@@H](NC(=O)OC)C(C)C)[nH]3)ccc2-4)[nH]1. The molecule has 2 saturated heterocycles. The Morgan fingerprint density at radius 3 is 2.36 bits per heavy atom. The molecular weight excluding hydrogens is 777 g/mol. The van der Waals surface area contributed by atoms with E-state index >= 15 is 0 Å². The van der Waals surface area contributed by atoms with E-state index in [-0.39, 0.29) is 47.7 Å². The fraction of sp³-hybridized carbons (Fsp3) is 0.478. The molecule has 0 bridgehead atoms. The van der Waals surface area contributed by atoms with Crippen molar-refractivity contribution in [2.24, 2.45) is 17.8 Å². The third kappa shape index (κ3) is 7.74. The molecule has 1 unspecified atom stereocenters. The summed E-state index contributed by atoms with van der Waals surface area (Å²) in [6, 6.07) is 12.7. The number of H-pyrrole nitrogens is 2. The van der Waals surface area contributed by atoms with Crippen LogP contribution in [0.15, 0.2) is 48.7 Å². The van der Waals surface area contributed by atoms with Crippen molar-refractivity contribution in [2.75, 3.05) is 20.8 Å². The maximum Gasteiger partial charge on any atom is 0.407 e. The number of imidazole rings is 2. The summed E-state index contributed by atoms with van der Waals surface area (Å²) in [6.45, 7) is 12.9. The predicted octanol–water partition coefficient (Wildman–Crippen LogP) is 7.78. The third-order valence-corrected chi connectivity index (χ3v) is 12.9. The van der Waals surface area contributed by atoms with Crippen molar-refractivity contribution in [1.82, 2.24) is 40.4 Å². The third-order valence-electron chi connectivity index (χ3n) is 12.9. The van der Waals surface area contributed by atoms with Crippen molar-refractivity contribution in [3.8, 4) is 28.1 Å². The summed E-state index contributed by atoms with van der Waals surface area (Å²) in [6.07, 6.45) is 3.61. The zero-order chi connectivity index (χ0) is 43.3. The number of likely N-dealkylation sites (tertiary alicyclic amines) is 2. The van der Waals surface area contributed by atoms with Gasteiger partial charge < -0.3 is 44.6 Å². The second kappa shape index (κ2) is 16.7. The zero-order valence-electron chi connectivity index (χ0n) is 36.1. The minimum absolute atomic E-state index is 0.0160. The minimum atomic E-state index is -0.718. The summed E-state index contributed by atoms with van der Waals surface area (Å²) in [7, 11) is 2.60. The first kappa shape index (κ1) is 41.6. The number of nitrogens with one attached hydrogen (secondary N) is 4. The summed E-state index contributed by atoms with van der Waals surface area (Å²) >= 11 is 0. The van der Waals surface area contributed by atoms with E-state index in [1.807, 2.05) is 56.7 Å². The lowest BCUT2D eigenvalue weighted by Crippen LogP contribution is -2.52. The van der Waals surface area contributed by atoms with Crippen molar-refractivity contribution in [3.63, 3.8) is 0 Å². The van der Waals surface area contributed by atoms with Gasteiger partial charge in [-0.2, -0.15) is 0 Å². The number of nitrogens with zero attached hydrogens (tertiary/aromatic N) is 4. The fourth-order valence-corrected chi connectivity index (χ4v) is 9.36. The van der Waals surface area contributed by atoms with E-state index in [9.17, 15) is 19.2 Å². The number of fused-ring (bicyclic) bond motifs is 6. The Kier molecular flexibility index (Phi) is 11.4. The molecule has 0 radical (unpaired) electrons. The zero-order valence-corrected chi connectivity index (χ0v) is 36.1. The van der Waals surface area contributed by atoms with Crippen molar-refractivity contribution in [3.05, 3.63) is 65.9 Å². The van der Waals surface area contributed by atoms with E-state index in [1.165, 1.54) is 14.2 Å². The Labute approximate surface area is 355 Å². The molecule has 61 heavy (non-hydrogen) atoms. The van der Waals surface area contributed by atoms with Gasteiger partial charge in [-0.1, -0.05) is 59.2 Å². The van der Waals surface area contributed by atoms with Crippen LogP contribution in [0.5, 0.6) is 5.75 Å². The number of carbonyl (C=O) groups is 4. The Bertz CT molecular complexity index is 2490. The minimum Gasteiger partial charge on any atom is -0.488 e. The number of carbonyl (C=O) groups excluding carboxylic acids is 4. The van der Waals surface area contributed by atoms with E-state index in [2.05, 4.69) is 63.9 Å². The molecule has 0 aliphatic carbocycles. The molecule has 3 aromatic carbocycles. The number of hydrogen-bond acceptors (Lipinski definition) is 9. The molecule has 3 aliphatic heterocycles. The van der Waals surface area contributed by atoms with Crippen molar-refractivity contribution < 1.29 is 33.4 Å². The molecule has 4 amide bonds. The number of ether oxygens (including phenoxy) is 3. The van der Waals surface area contributed by atoms with Crippen LogP contribution in [0.2, 0.25) is 0 Å². The van der Waals surface area contributed by atoms with Crippen molar-refractivity contribution in [2.45, 2.75) is 104 Å². The predicted molar refractivity (Wildman–Crippen MR) is 230 cm³/mol. The number of aromatic nitrogens is 4. The first-order valence-corrected chi connectivity index (χ1v) is 21.4. The van der Waals surface area contributed by atoms with Crippen LogP contribution in [0, 0.1) is 17.8 Å². The normalized spacial score (nSPS) is 21.1. The number of alkyl carbamates (subject to hydrolysis) is 2. The molecule has 2 aromatic heterocycles. The quantitative estimate of drug-likeness (QED) is 0.109. The molecular formula is C46H56N8O7. The van der Waals surface area contributed by atoms with Gasteiger partial charge in [-0.15, -0.1) is 0 Å². The summed E-state index contributed by atoms with van der Waals surface area (Å²) in [5, 5.41) is 7.47. The largest absolute Gasteiger partial charge is 0.488 e.